The molecule has 0 bridgehead atoms. The van der Waals surface area contributed by atoms with Crippen molar-refractivity contribution >= 4 is 11.9 Å². The minimum atomic E-state index is -1.02. The van der Waals surface area contributed by atoms with Crippen molar-refractivity contribution in [3.8, 4) is 5.69 Å². The molecule has 23 heavy (non-hydrogen) atoms. The number of carboxylic acid groups (broad SMARTS) is 1. The van der Waals surface area contributed by atoms with Crippen LogP contribution < -0.4 is 5.32 Å². The fraction of sp³-hybridized carbons (Fsp3) is 0.353. The number of aromatic nitrogens is 2. The van der Waals surface area contributed by atoms with Crippen LogP contribution in [0.2, 0.25) is 0 Å². The molecular weight excluding hydrogens is 294 g/mol. The van der Waals surface area contributed by atoms with Gasteiger partial charge in [-0.25, -0.2) is 9.48 Å². The number of nitrogens with zero attached hydrogens (tertiary/aromatic N) is 2. The van der Waals surface area contributed by atoms with Gasteiger partial charge in [0.1, 0.15) is 6.04 Å². The first-order valence-corrected chi connectivity index (χ1v) is 7.58. The first-order chi connectivity index (χ1) is 10.9. The summed E-state index contributed by atoms with van der Waals surface area (Å²) in [6.07, 6.45) is 2.38. The molecule has 6 heteroatoms. The number of amides is 1. The van der Waals surface area contributed by atoms with E-state index in [1.165, 1.54) is 0 Å². The average molecular weight is 315 g/mol. The van der Waals surface area contributed by atoms with Crippen molar-refractivity contribution in [3.05, 3.63) is 47.8 Å². The number of hydrogen-bond donors (Lipinski definition) is 2. The maximum absolute atomic E-state index is 12.2. The van der Waals surface area contributed by atoms with Crippen LogP contribution in [0.4, 0.5) is 0 Å². The van der Waals surface area contributed by atoms with E-state index < -0.39 is 12.0 Å². The Bertz CT molecular complexity index is 691. The summed E-state index contributed by atoms with van der Waals surface area (Å²) in [7, 11) is 0. The minimum Gasteiger partial charge on any atom is -0.480 e. The third kappa shape index (κ3) is 3.77. The number of carboxylic acids is 1. The molecule has 2 N–H and O–H groups in total. The van der Waals surface area contributed by atoms with Crippen molar-refractivity contribution in [2.75, 3.05) is 0 Å². The lowest BCUT2D eigenvalue weighted by Gasteiger charge is -2.20. The van der Waals surface area contributed by atoms with E-state index in [9.17, 15) is 14.7 Å². The Labute approximate surface area is 135 Å². The quantitative estimate of drug-likeness (QED) is 0.857. The number of carbonyl (C=O) groups is 2. The second-order valence-corrected chi connectivity index (χ2v) is 5.61. The number of carbonyl (C=O) groups excluding carboxylic acids is 1. The average Bonchev–Trinajstić information content (AvgIpc) is 2.97. The minimum absolute atomic E-state index is 0.137. The van der Waals surface area contributed by atoms with Gasteiger partial charge in [-0.05, 0) is 43.2 Å². The molecule has 0 unspecified atom stereocenters. The lowest BCUT2D eigenvalue weighted by Crippen LogP contribution is -2.45. The molecule has 1 aromatic heterocycles. The number of aliphatic carboxylic acids is 1. The summed E-state index contributed by atoms with van der Waals surface area (Å²) in [5.74, 6) is -1.54. The van der Waals surface area contributed by atoms with Crippen LogP contribution in [-0.2, 0) is 4.79 Å². The maximum Gasteiger partial charge on any atom is 0.326 e. The molecule has 1 heterocycles. The van der Waals surface area contributed by atoms with Gasteiger partial charge in [0.25, 0.3) is 5.91 Å². The second kappa shape index (κ2) is 7.09. The zero-order chi connectivity index (χ0) is 17.0. The van der Waals surface area contributed by atoms with Crippen molar-refractivity contribution in [2.24, 2.45) is 5.92 Å². The molecular formula is C17H21N3O3. The van der Waals surface area contributed by atoms with Crippen LogP contribution in [0.15, 0.2) is 36.5 Å². The molecule has 1 aromatic carbocycles. The van der Waals surface area contributed by atoms with Gasteiger partial charge < -0.3 is 10.4 Å². The third-order valence-electron chi connectivity index (χ3n) is 3.97. The Balaban J connectivity index is 2.14. The monoisotopic (exact) mass is 315 g/mol. The van der Waals surface area contributed by atoms with Gasteiger partial charge in [0.15, 0.2) is 0 Å². The Morgan fingerprint density at radius 1 is 1.26 bits per heavy atom. The molecule has 0 saturated carbocycles. The van der Waals surface area contributed by atoms with E-state index in [-0.39, 0.29) is 11.8 Å². The topological polar surface area (TPSA) is 84.2 Å². The molecule has 0 fully saturated rings. The summed E-state index contributed by atoms with van der Waals surface area (Å²) in [6.45, 7) is 5.65. The van der Waals surface area contributed by atoms with E-state index >= 15 is 0 Å². The molecule has 0 saturated heterocycles. The van der Waals surface area contributed by atoms with Gasteiger partial charge in [-0.15, -0.1) is 0 Å². The normalized spacial score (nSPS) is 13.3. The molecule has 2 rings (SSSR count). The van der Waals surface area contributed by atoms with Gasteiger partial charge in [0, 0.05) is 17.5 Å². The van der Waals surface area contributed by atoms with Crippen LogP contribution in [-0.4, -0.2) is 32.8 Å². The molecule has 6 nitrogen and oxygen atoms in total. The van der Waals surface area contributed by atoms with Crippen LogP contribution in [0.1, 0.15) is 36.3 Å². The number of benzene rings is 1. The van der Waals surface area contributed by atoms with Crippen molar-refractivity contribution in [3.63, 3.8) is 0 Å². The molecule has 1 amide bonds. The summed E-state index contributed by atoms with van der Waals surface area (Å²) in [6, 6.07) is 7.91. The summed E-state index contributed by atoms with van der Waals surface area (Å²) >= 11 is 0. The molecule has 0 radical (unpaired) electrons. The van der Waals surface area contributed by atoms with Gasteiger partial charge in [0.05, 0.1) is 5.69 Å². The number of aryl methyl sites for hydroxylation is 1. The van der Waals surface area contributed by atoms with Gasteiger partial charge in [-0.2, -0.15) is 5.10 Å². The molecule has 0 aliphatic heterocycles. The molecule has 0 aliphatic rings. The highest BCUT2D eigenvalue weighted by Gasteiger charge is 2.25. The highest BCUT2D eigenvalue weighted by atomic mass is 16.4. The smallest absolute Gasteiger partial charge is 0.326 e. The third-order valence-corrected chi connectivity index (χ3v) is 3.97. The van der Waals surface area contributed by atoms with Crippen molar-refractivity contribution in [1.82, 2.24) is 15.1 Å². The number of nitrogens with one attached hydrogen (secondary N) is 1. The lowest BCUT2D eigenvalue weighted by molar-refractivity contribution is -0.140. The van der Waals surface area contributed by atoms with Crippen LogP contribution in [0.3, 0.4) is 0 Å². The van der Waals surface area contributed by atoms with Gasteiger partial charge in [-0.1, -0.05) is 20.3 Å². The zero-order valence-electron chi connectivity index (χ0n) is 13.5. The summed E-state index contributed by atoms with van der Waals surface area (Å²) < 4.78 is 1.76. The second-order valence-electron chi connectivity index (χ2n) is 5.61. The lowest BCUT2D eigenvalue weighted by atomic mass is 9.99. The SMILES string of the molecule is CC[C@H](C)[C@H](NC(=O)c1ccc(-n2nccc2C)cc1)C(=O)O. The van der Waals surface area contributed by atoms with E-state index in [2.05, 4.69) is 10.4 Å². The fourth-order valence-electron chi connectivity index (χ4n) is 2.30. The largest absolute Gasteiger partial charge is 0.480 e. The van der Waals surface area contributed by atoms with Crippen LogP contribution in [0, 0.1) is 12.8 Å². The summed E-state index contributed by atoms with van der Waals surface area (Å²) in [5, 5.41) is 16.0. The highest BCUT2D eigenvalue weighted by molar-refractivity contribution is 5.96. The molecule has 0 aliphatic carbocycles. The Morgan fingerprint density at radius 2 is 1.91 bits per heavy atom. The van der Waals surface area contributed by atoms with Crippen LogP contribution >= 0.6 is 0 Å². The number of rotatable bonds is 6. The first-order valence-electron chi connectivity index (χ1n) is 7.58. The fourth-order valence-corrected chi connectivity index (χ4v) is 2.30. The first kappa shape index (κ1) is 16.7. The van der Waals surface area contributed by atoms with Crippen molar-refractivity contribution in [1.29, 1.82) is 0 Å². The van der Waals surface area contributed by atoms with Crippen molar-refractivity contribution < 1.29 is 14.7 Å². The van der Waals surface area contributed by atoms with Gasteiger partial charge in [0.2, 0.25) is 0 Å². The Hall–Kier alpha value is -2.63. The summed E-state index contributed by atoms with van der Waals surface area (Å²) in [4.78, 5) is 23.5. The zero-order valence-corrected chi connectivity index (χ0v) is 13.5. The molecule has 2 atom stereocenters. The molecule has 2 aromatic rings. The van der Waals surface area contributed by atoms with Crippen LogP contribution in [0.5, 0.6) is 0 Å². The molecule has 122 valence electrons. The van der Waals surface area contributed by atoms with E-state index in [0.717, 1.165) is 11.4 Å². The predicted octanol–water partition coefficient (Wildman–Crippen LogP) is 2.41. The van der Waals surface area contributed by atoms with E-state index in [0.29, 0.717) is 12.0 Å². The maximum atomic E-state index is 12.2. The van der Waals surface area contributed by atoms with E-state index in [1.54, 1.807) is 35.1 Å². The van der Waals surface area contributed by atoms with Crippen LogP contribution in [0.25, 0.3) is 5.69 Å². The summed E-state index contributed by atoms with van der Waals surface area (Å²) in [5.41, 5.74) is 2.26. The molecule has 0 spiro atoms. The predicted molar refractivity (Wildman–Crippen MR) is 86.6 cm³/mol. The van der Waals surface area contributed by atoms with E-state index in [4.69, 9.17) is 0 Å². The van der Waals surface area contributed by atoms with E-state index in [1.807, 2.05) is 26.8 Å². The Morgan fingerprint density at radius 3 is 2.39 bits per heavy atom. The Kier molecular flexibility index (Phi) is 5.16. The van der Waals surface area contributed by atoms with Gasteiger partial charge in [-0.3, -0.25) is 4.79 Å². The number of hydrogen-bond acceptors (Lipinski definition) is 3. The van der Waals surface area contributed by atoms with Crippen molar-refractivity contribution in [2.45, 2.75) is 33.2 Å². The highest BCUT2D eigenvalue weighted by Crippen LogP contribution is 2.13. The standard InChI is InChI=1S/C17H21N3O3/c1-4-11(2)15(17(22)23)19-16(21)13-5-7-14(8-6-13)20-12(3)9-10-18-20/h5-11,15H,4H2,1-3H3,(H,19,21)(H,22,23)/t11-,15-/m0/s1. The van der Waals surface area contributed by atoms with Gasteiger partial charge >= 0.3 is 5.97 Å².